The minimum absolute atomic E-state index is 0.0805. The van der Waals surface area contributed by atoms with E-state index >= 15 is 0 Å². The van der Waals surface area contributed by atoms with Crippen LogP contribution in [0.15, 0.2) is 30.3 Å². The molecule has 29 heavy (non-hydrogen) atoms. The van der Waals surface area contributed by atoms with E-state index in [4.69, 9.17) is 4.98 Å². The maximum absolute atomic E-state index is 13.6. The van der Waals surface area contributed by atoms with E-state index in [2.05, 4.69) is 19.1 Å². The molecule has 6 heteroatoms. The molecule has 1 aromatic heterocycles. The molecule has 0 bridgehead atoms. The van der Waals surface area contributed by atoms with Gasteiger partial charge in [0.1, 0.15) is 4.88 Å². The maximum atomic E-state index is 13.6. The minimum atomic E-state index is -0.296. The van der Waals surface area contributed by atoms with Crippen molar-refractivity contribution in [3.8, 4) is 0 Å². The molecule has 2 atom stereocenters. The Morgan fingerprint density at radius 3 is 2.69 bits per heavy atom. The molecule has 2 amide bonds. The molecule has 0 unspecified atom stereocenters. The summed E-state index contributed by atoms with van der Waals surface area (Å²) in [6.07, 6.45) is 4.54. The number of likely N-dealkylation sites (tertiary alicyclic amines) is 2. The minimum Gasteiger partial charge on any atom is -0.338 e. The first kappa shape index (κ1) is 20.1. The number of piperidine rings is 2. The van der Waals surface area contributed by atoms with Crippen molar-refractivity contribution in [2.75, 3.05) is 13.1 Å². The van der Waals surface area contributed by atoms with Gasteiger partial charge in [-0.25, -0.2) is 4.98 Å². The fourth-order valence-corrected chi connectivity index (χ4v) is 6.12. The second kappa shape index (κ2) is 7.90. The molecule has 2 aliphatic rings. The normalized spacial score (nSPS) is 24.3. The fraction of sp³-hybridized carbons (Fsp3) is 0.522. The average molecular weight is 412 g/mol. The molecule has 154 valence electrons. The van der Waals surface area contributed by atoms with E-state index in [-0.39, 0.29) is 23.4 Å². The zero-order valence-corrected chi connectivity index (χ0v) is 18.3. The van der Waals surface area contributed by atoms with Gasteiger partial charge in [0.05, 0.1) is 22.3 Å². The van der Waals surface area contributed by atoms with Crippen LogP contribution in [-0.4, -0.2) is 51.3 Å². The number of hydrogen-bond donors (Lipinski definition) is 0. The van der Waals surface area contributed by atoms with Crippen LogP contribution in [0.2, 0.25) is 0 Å². The van der Waals surface area contributed by atoms with E-state index in [1.54, 1.807) is 6.92 Å². The number of thiazole rings is 1. The van der Waals surface area contributed by atoms with Crippen molar-refractivity contribution >= 4 is 23.2 Å². The van der Waals surface area contributed by atoms with Crippen LogP contribution in [0.1, 0.15) is 65.5 Å². The number of carbonyl (C=O) groups is 2. The van der Waals surface area contributed by atoms with E-state index in [1.165, 1.54) is 16.9 Å². The SMILES string of the molecule is CC(=O)N1CCC[C@@]2(C)[C@@H]1CCCN2C(=O)c1sc(Cc2ccccc2)nc1C. The third-order valence-corrected chi connectivity index (χ3v) is 7.68. The second-order valence-electron chi connectivity index (χ2n) is 8.47. The van der Waals surface area contributed by atoms with Gasteiger partial charge in [-0.2, -0.15) is 0 Å². The molecule has 5 nitrogen and oxygen atoms in total. The largest absolute Gasteiger partial charge is 0.338 e. The molecule has 0 N–H and O–H groups in total. The van der Waals surface area contributed by atoms with Crippen molar-refractivity contribution in [2.24, 2.45) is 0 Å². The van der Waals surface area contributed by atoms with E-state index in [0.29, 0.717) is 0 Å². The van der Waals surface area contributed by atoms with Gasteiger partial charge in [0, 0.05) is 26.4 Å². The smallest absolute Gasteiger partial charge is 0.266 e. The fourth-order valence-electron chi connectivity index (χ4n) is 5.08. The molecule has 2 saturated heterocycles. The lowest BCUT2D eigenvalue weighted by Gasteiger charge is -2.56. The average Bonchev–Trinajstić information content (AvgIpc) is 3.06. The molecule has 2 fully saturated rings. The zero-order chi connectivity index (χ0) is 20.6. The van der Waals surface area contributed by atoms with Gasteiger partial charge in [-0.05, 0) is 45.1 Å². The number of fused-ring (bicyclic) bond motifs is 1. The van der Waals surface area contributed by atoms with Gasteiger partial charge in [-0.3, -0.25) is 9.59 Å². The van der Waals surface area contributed by atoms with E-state index in [0.717, 1.165) is 60.8 Å². The molecule has 0 radical (unpaired) electrons. The number of benzene rings is 1. The number of rotatable bonds is 3. The molecule has 2 aromatic rings. The zero-order valence-electron chi connectivity index (χ0n) is 17.5. The molecule has 0 aliphatic carbocycles. The van der Waals surface area contributed by atoms with Gasteiger partial charge in [0.25, 0.3) is 5.91 Å². The Kier molecular flexibility index (Phi) is 5.47. The molecular formula is C23H29N3O2S. The van der Waals surface area contributed by atoms with Crippen molar-refractivity contribution < 1.29 is 9.59 Å². The molecule has 3 heterocycles. The van der Waals surface area contributed by atoms with Crippen molar-refractivity contribution in [2.45, 2.75) is 64.5 Å². The summed E-state index contributed by atoms with van der Waals surface area (Å²) in [4.78, 5) is 35.3. The van der Waals surface area contributed by atoms with Crippen LogP contribution in [-0.2, 0) is 11.2 Å². The van der Waals surface area contributed by atoms with Crippen LogP contribution in [0.3, 0.4) is 0 Å². The standard InChI is InChI=1S/C23H29N3O2S/c1-16-21(29-20(24-16)15-18-9-5-4-6-10-18)22(28)26-14-7-11-19-23(26,3)12-8-13-25(19)17(2)27/h4-6,9-10,19H,7-8,11-15H2,1-3H3/t19-,23-/m0/s1. The summed E-state index contributed by atoms with van der Waals surface area (Å²) < 4.78 is 0. The molecule has 0 saturated carbocycles. The van der Waals surface area contributed by atoms with Crippen LogP contribution in [0.5, 0.6) is 0 Å². The summed E-state index contributed by atoms with van der Waals surface area (Å²) in [5.74, 6) is 0.200. The quantitative estimate of drug-likeness (QED) is 0.766. The Morgan fingerprint density at radius 2 is 1.97 bits per heavy atom. The summed E-state index contributed by atoms with van der Waals surface area (Å²) in [5, 5.41) is 0.977. The molecule has 4 rings (SSSR count). The monoisotopic (exact) mass is 411 g/mol. The molecule has 2 aliphatic heterocycles. The Labute approximate surface area is 176 Å². The van der Waals surface area contributed by atoms with Crippen LogP contribution in [0, 0.1) is 6.92 Å². The van der Waals surface area contributed by atoms with Gasteiger partial charge in [0.15, 0.2) is 0 Å². The predicted octanol–water partition coefficient (Wildman–Crippen LogP) is 4.05. The maximum Gasteiger partial charge on any atom is 0.266 e. The number of hydrogen-bond acceptors (Lipinski definition) is 4. The number of carbonyl (C=O) groups excluding carboxylic acids is 2. The number of amides is 2. The summed E-state index contributed by atoms with van der Waals surface area (Å²) in [6.45, 7) is 7.31. The van der Waals surface area contributed by atoms with E-state index in [1.807, 2.05) is 34.9 Å². The number of aromatic nitrogens is 1. The van der Waals surface area contributed by atoms with Crippen molar-refractivity contribution in [1.82, 2.24) is 14.8 Å². The lowest BCUT2D eigenvalue weighted by atomic mass is 9.76. The topological polar surface area (TPSA) is 53.5 Å². The van der Waals surface area contributed by atoms with Crippen LogP contribution in [0.25, 0.3) is 0 Å². The Morgan fingerprint density at radius 1 is 1.21 bits per heavy atom. The molecule has 0 spiro atoms. The Balaban J connectivity index is 1.60. The summed E-state index contributed by atoms with van der Waals surface area (Å²) in [7, 11) is 0. The first-order valence-electron chi connectivity index (χ1n) is 10.5. The van der Waals surface area contributed by atoms with Crippen LogP contribution in [0.4, 0.5) is 0 Å². The van der Waals surface area contributed by atoms with E-state index < -0.39 is 0 Å². The summed E-state index contributed by atoms with van der Waals surface area (Å²) in [5.41, 5.74) is 1.72. The lowest BCUT2D eigenvalue weighted by molar-refractivity contribution is -0.140. The molecular weight excluding hydrogens is 382 g/mol. The highest BCUT2D eigenvalue weighted by atomic mass is 32.1. The highest BCUT2D eigenvalue weighted by molar-refractivity contribution is 7.13. The van der Waals surface area contributed by atoms with E-state index in [9.17, 15) is 9.59 Å². The van der Waals surface area contributed by atoms with Gasteiger partial charge in [-0.15, -0.1) is 11.3 Å². The highest BCUT2D eigenvalue weighted by Gasteiger charge is 2.50. The number of nitrogens with zero attached hydrogens (tertiary/aromatic N) is 3. The predicted molar refractivity (Wildman–Crippen MR) is 115 cm³/mol. The van der Waals surface area contributed by atoms with Crippen molar-refractivity contribution in [1.29, 1.82) is 0 Å². The van der Waals surface area contributed by atoms with Crippen molar-refractivity contribution in [3.05, 3.63) is 51.5 Å². The van der Waals surface area contributed by atoms with Gasteiger partial charge < -0.3 is 9.80 Å². The Hall–Kier alpha value is -2.21. The summed E-state index contributed by atoms with van der Waals surface area (Å²) in [6, 6.07) is 10.4. The van der Waals surface area contributed by atoms with Crippen LogP contribution >= 0.6 is 11.3 Å². The molecule has 1 aromatic carbocycles. The number of aryl methyl sites for hydroxylation is 1. The van der Waals surface area contributed by atoms with Crippen molar-refractivity contribution in [3.63, 3.8) is 0 Å². The second-order valence-corrected chi connectivity index (χ2v) is 9.56. The lowest BCUT2D eigenvalue weighted by Crippen LogP contribution is -2.68. The Bertz CT molecular complexity index is 910. The van der Waals surface area contributed by atoms with Gasteiger partial charge in [0.2, 0.25) is 5.91 Å². The van der Waals surface area contributed by atoms with Gasteiger partial charge >= 0.3 is 0 Å². The third kappa shape index (κ3) is 3.70. The summed E-state index contributed by atoms with van der Waals surface area (Å²) >= 11 is 1.52. The third-order valence-electron chi connectivity index (χ3n) is 6.53. The van der Waals surface area contributed by atoms with Gasteiger partial charge in [-0.1, -0.05) is 30.3 Å². The first-order valence-corrected chi connectivity index (χ1v) is 11.3. The first-order chi connectivity index (χ1) is 13.9. The highest BCUT2D eigenvalue weighted by Crippen LogP contribution is 2.40. The van der Waals surface area contributed by atoms with Crippen LogP contribution < -0.4 is 0 Å².